The van der Waals surface area contributed by atoms with Gasteiger partial charge in [-0.05, 0) is 19.2 Å². The molecule has 0 fully saturated rings. The van der Waals surface area contributed by atoms with E-state index in [1.54, 1.807) is 0 Å². The second kappa shape index (κ2) is 6.37. The Morgan fingerprint density at radius 3 is 2.63 bits per heavy atom. The van der Waals surface area contributed by atoms with E-state index in [2.05, 4.69) is 15.4 Å². The molecule has 106 valence electrons. The van der Waals surface area contributed by atoms with Gasteiger partial charge in [-0.3, -0.25) is 4.79 Å². The van der Waals surface area contributed by atoms with E-state index in [0.29, 0.717) is 0 Å². The number of benzene rings is 1. The van der Waals surface area contributed by atoms with Gasteiger partial charge in [0, 0.05) is 6.07 Å². The Kier molecular flexibility index (Phi) is 5.11. The zero-order valence-electron chi connectivity index (χ0n) is 9.97. The summed E-state index contributed by atoms with van der Waals surface area (Å²) in [5, 5.41) is 4.81. The molecule has 4 nitrogen and oxygen atoms in total. The Morgan fingerprint density at radius 1 is 1.37 bits per heavy atom. The molecule has 8 heteroatoms. The summed E-state index contributed by atoms with van der Waals surface area (Å²) in [6.45, 7) is -1.58. The van der Waals surface area contributed by atoms with Crippen LogP contribution in [0.5, 0.6) is 5.75 Å². The van der Waals surface area contributed by atoms with Gasteiger partial charge in [0.25, 0.3) is 0 Å². The van der Waals surface area contributed by atoms with Crippen molar-refractivity contribution in [3.8, 4) is 5.75 Å². The second-order valence-corrected chi connectivity index (χ2v) is 3.62. The molecule has 1 rings (SSSR count). The predicted octanol–water partition coefficient (Wildman–Crippen LogP) is 1.92. The predicted molar refractivity (Wildman–Crippen MR) is 60.5 cm³/mol. The average molecular weight is 280 g/mol. The van der Waals surface area contributed by atoms with Crippen LogP contribution in [0.15, 0.2) is 18.2 Å². The normalized spacial score (nSPS) is 11.2. The number of rotatable bonds is 5. The van der Waals surface area contributed by atoms with Crippen LogP contribution in [-0.2, 0) is 4.79 Å². The topological polar surface area (TPSA) is 50.4 Å². The quantitative estimate of drug-likeness (QED) is 0.810. The zero-order chi connectivity index (χ0) is 14.5. The van der Waals surface area contributed by atoms with E-state index in [4.69, 9.17) is 0 Å². The maximum absolute atomic E-state index is 13.0. The lowest BCUT2D eigenvalue weighted by Gasteiger charge is -2.14. The Bertz CT molecular complexity index is 449. The number of halogens is 4. The highest BCUT2D eigenvalue weighted by atomic mass is 19.4. The average Bonchev–Trinajstić information content (AvgIpc) is 2.27. The summed E-state index contributed by atoms with van der Waals surface area (Å²) in [4.78, 5) is 11.3. The summed E-state index contributed by atoms with van der Waals surface area (Å²) >= 11 is 0. The van der Waals surface area contributed by atoms with E-state index in [1.165, 1.54) is 7.05 Å². The molecule has 0 radical (unpaired) electrons. The Balaban J connectivity index is 2.82. The number of nitrogens with one attached hydrogen (secondary N) is 2. The molecule has 1 amide bonds. The monoisotopic (exact) mass is 280 g/mol. The molecule has 0 heterocycles. The number of likely N-dealkylation sites (N-methyl/N-ethyl adjacent to an activating group) is 1. The molecule has 1 aromatic carbocycles. The van der Waals surface area contributed by atoms with Crippen LogP contribution in [0.2, 0.25) is 0 Å². The van der Waals surface area contributed by atoms with Gasteiger partial charge in [-0.25, -0.2) is 4.39 Å². The third kappa shape index (κ3) is 5.56. The lowest BCUT2D eigenvalue weighted by molar-refractivity contribution is -0.153. The molecular weight excluding hydrogens is 268 g/mol. The number of hydrogen-bond acceptors (Lipinski definition) is 3. The van der Waals surface area contributed by atoms with Gasteiger partial charge >= 0.3 is 6.18 Å². The fraction of sp³-hybridized carbons (Fsp3) is 0.364. The van der Waals surface area contributed by atoms with Gasteiger partial charge in [-0.15, -0.1) is 0 Å². The van der Waals surface area contributed by atoms with Crippen LogP contribution in [0.3, 0.4) is 0 Å². The first-order valence-electron chi connectivity index (χ1n) is 5.25. The van der Waals surface area contributed by atoms with Crippen molar-refractivity contribution >= 4 is 11.6 Å². The summed E-state index contributed by atoms with van der Waals surface area (Å²) in [6.07, 6.45) is -4.51. The van der Waals surface area contributed by atoms with Crippen molar-refractivity contribution in [1.29, 1.82) is 0 Å². The molecule has 2 N–H and O–H groups in total. The van der Waals surface area contributed by atoms with Gasteiger partial charge in [0.05, 0.1) is 12.2 Å². The van der Waals surface area contributed by atoms with Crippen molar-refractivity contribution in [3.63, 3.8) is 0 Å². The number of carbonyl (C=O) groups is 1. The molecule has 0 atom stereocenters. The van der Waals surface area contributed by atoms with Crippen LogP contribution >= 0.6 is 0 Å². The third-order valence-corrected chi connectivity index (χ3v) is 1.94. The zero-order valence-corrected chi connectivity index (χ0v) is 9.97. The van der Waals surface area contributed by atoms with E-state index < -0.39 is 24.5 Å². The minimum Gasteiger partial charge on any atom is -0.482 e. The molecule has 0 aliphatic rings. The number of carbonyl (C=O) groups excluding carboxylic acids is 1. The van der Waals surface area contributed by atoms with Crippen LogP contribution in [0, 0.1) is 5.82 Å². The smallest absolute Gasteiger partial charge is 0.422 e. The molecule has 0 bridgehead atoms. The van der Waals surface area contributed by atoms with Gasteiger partial charge in [0.15, 0.2) is 6.61 Å². The van der Waals surface area contributed by atoms with E-state index in [1.807, 2.05) is 0 Å². The Morgan fingerprint density at radius 2 is 2.05 bits per heavy atom. The molecule has 0 unspecified atom stereocenters. The van der Waals surface area contributed by atoms with Crippen LogP contribution in [-0.4, -0.2) is 32.3 Å². The minimum atomic E-state index is -4.51. The summed E-state index contributed by atoms with van der Waals surface area (Å²) in [6, 6.07) is 2.86. The molecule has 0 saturated heterocycles. The highest BCUT2D eigenvalue weighted by Gasteiger charge is 2.29. The first-order valence-corrected chi connectivity index (χ1v) is 5.25. The maximum atomic E-state index is 13.0. The summed E-state index contributed by atoms with van der Waals surface area (Å²) in [5.74, 6) is -1.47. The number of amides is 1. The summed E-state index contributed by atoms with van der Waals surface area (Å²) in [5.41, 5.74) is -0.149. The number of anilines is 1. The van der Waals surface area contributed by atoms with Gasteiger partial charge < -0.3 is 15.4 Å². The van der Waals surface area contributed by atoms with Crippen molar-refractivity contribution in [2.24, 2.45) is 0 Å². The summed E-state index contributed by atoms with van der Waals surface area (Å²) in [7, 11) is 1.52. The van der Waals surface area contributed by atoms with Crippen LogP contribution < -0.4 is 15.4 Å². The SMILES string of the molecule is CNCC(=O)Nc1cc(F)ccc1OCC(F)(F)F. The summed E-state index contributed by atoms with van der Waals surface area (Å²) < 4.78 is 53.6. The van der Waals surface area contributed by atoms with E-state index in [9.17, 15) is 22.4 Å². The fourth-order valence-corrected chi connectivity index (χ4v) is 1.24. The largest absolute Gasteiger partial charge is 0.482 e. The third-order valence-electron chi connectivity index (χ3n) is 1.94. The van der Waals surface area contributed by atoms with Crippen LogP contribution in [0.25, 0.3) is 0 Å². The van der Waals surface area contributed by atoms with Gasteiger partial charge in [-0.2, -0.15) is 13.2 Å². The lowest BCUT2D eigenvalue weighted by atomic mass is 10.2. The number of hydrogen-bond donors (Lipinski definition) is 2. The van der Waals surface area contributed by atoms with Crippen molar-refractivity contribution in [2.45, 2.75) is 6.18 Å². The molecule has 0 aliphatic carbocycles. The Hall–Kier alpha value is -1.83. The fourth-order valence-electron chi connectivity index (χ4n) is 1.24. The van der Waals surface area contributed by atoms with E-state index >= 15 is 0 Å². The lowest BCUT2D eigenvalue weighted by Crippen LogP contribution is -2.26. The van der Waals surface area contributed by atoms with E-state index in [0.717, 1.165) is 18.2 Å². The molecule has 0 aliphatic heterocycles. The van der Waals surface area contributed by atoms with E-state index in [-0.39, 0.29) is 18.0 Å². The highest BCUT2D eigenvalue weighted by Crippen LogP contribution is 2.27. The number of alkyl halides is 3. The minimum absolute atomic E-state index is 0.0603. The highest BCUT2D eigenvalue weighted by molar-refractivity contribution is 5.93. The second-order valence-electron chi connectivity index (χ2n) is 3.62. The Labute approximate surface area is 106 Å². The maximum Gasteiger partial charge on any atom is 0.422 e. The standard InChI is InChI=1S/C11H12F4N2O2/c1-16-5-10(18)17-8-4-7(12)2-3-9(8)19-6-11(13,14)15/h2-4,16H,5-6H2,1H3,(H,17,18). The van der Waals surface area contributed by atoms with Crippen molar-refractivity contribution < 1.29 is 27.1 Å². The van der Waals surface area contributed by atoms with Crippen molar-refractivity contribution in [3.05, 3.63) is 24.0 Å². The van der Waals surface area contributed by atoms with Gasteiger partial charge in [0.1, 0.15) is 11.6 Å². The molecule has 0 aromatic heterocycles. The van der Waals surface area contributed by atoms with Gasteiger partial charge in [0.2, 0.25) is 5.91 Å². The van der Waals surface area contributed by atoms with Crippen LogP contribution in [0.4, 0.5) is 23.2 Å². The molecule has 19 heavy (non-hydrogen) atoms. The van der Waals surface area contributed by atoms with Crippen molar-refractivity contribution in [1.82, 2.24) is 5.32 Å². The van der Waals surface area contributed by atoms with Crippen LogP contribution in [0.1, 0.15) is 0 Å². The van der Waals surface area contributed by atoms with Gasteiger partial charge in [-0.1, -0.05) is 0 Å². The molecular formula is C11H12F4N2O2. The first kappa shape index (κ1) is 15.2. The molecule has 1 aromatic rings. The number of ether oxygens (including phenoxy) is 1. The first-order chi connectivity index (χ1) is 8.81. The molecule has 0 spiro atoms. The van der Waals surface area contributed by atoms with Crippen molar-refractivity contribution in [2.75, 3.05) is 25.5 Å². The molecule has 0 saturated carbocycles.